The predicted octanol–water partition coefficient (Wildman–Crippen LogP) is 2.22. The molecule has 104 valence electrons. The Kier molecular flexibility index (Phi) is 4.71. The molecule has 1 heterocycles. The van der Waals surface area contributed by atoms with Crippen molar-refractivity contribution in [3.05, 3.63) is 59.4 Å². The third kappa shape index (κ3) is 4.09. The van der Waals surface area contributed by atoms with Crippen LogP contribution in [0.2, 0.25) is 0 Å². The highest BCUT2D eigenvalue weighted by molar-refractivity contribution is 5.76. The summed E-state index contributed by atoms with van der Waals surface area (Å²) < 4.78 is 0. The van der Waals surface area contributed by atoms with Crippen LogP contribution < -0.4 is 11.1 Å². The summed E-state index contributed by atoms with van der Waals surface area (Å²) in [7, 11) is 0. The molecule has 2 aromatic rings. The van der Waals surface area contributed by atoms with Gasteiger partial charge in [-0.05, 0) is 48.2 Å². The predicted molar refractivity (Wildman–Crippen MR) is 80.0 cm³/mol. The number of anilines is 1. The molecule has 3 N–H and O–H groups in total. The molecule has 1 amide bonds. The number of pyridine rings is 1. The second kappa shape index (κ2) is 6.70. The Morgan fingerprint density at radius 1 is 1.20 bits per heavy atom. The number of nitrogens with two attached hydrogens (primary N) is 1. The topological polar surface area (TPSA) is 68.0 Å². The van der Waals surface area contributed by atoms with Gasteiger partial charge in [-0.2, -0.15) is 0 Å². The van der Waals surface area contributed by atoms with Crippen LogP contribution in [0.1, 0.15) is 23.1 Å². The molecule has 0 saturated carbocycles. The molecule has 1 aromatic carbocycles. The number of rotatable bonds is 5. The van der Waals surface area contributed by atoms with Crippen molar-refractivity contribution in [3.63, 3.8) is 0 Å². The van der Waals surface area contributed by atoms with Crippen LogP contribution in [0.5, 0.6) is 0 Å². The van der Waals surface area contributed by atoms with Crippen LogP contribution in [0.25, 0.3) is 0 Å². The highest BCUT2D eigenvalue weighted by Crippen LogP contribution is 2.14. The van der Waals surface area contributed by atoms with Crippen molar-refractivity contribution in [2.45, 2.75) is 26.3 Å². The average molecular weight is 269 g/mol. The van der Waals surface area contributed by atoms with Gasteiger partial charge in [-0.25, -0.2) is 0 Å². The van der Waals surface area contributed by atoms with Gasteiger partial charge in [-0.1, -0.05) is 12.1 Å². The van der Waals surface area contributed by atoms with Crippen LogP contribution in [0.4, 0.5) is 5.69 Å². The number of aromatic nitrogens is 1. The monoisotopic (exact) mass is 269 g/mol. The minimum Gasteiger partial charge on any atom is -0.399 e. The number of nitrogens with zero attached hydrogens (tertiary/aromatic N) is 1. The van der Waals surface area contributed by atoms with Crippen molar-refractivity contribution in [3.8, 4) is 0 Å². The largest absolute Gasteiger partial charge is 0.399 e. The van der Waals surface area contributed by atoms with Crippen LogP contribution in [-0.4, -0.2) is 10.9 Å². The summed E-state index contributed by atoms with van der Waals surface area (Å²) in [5.74, 6) is 0.0426. The van der Waals surface area contributed by atoms with Gasteiger partial charge in [0.1, 0.15) is 0 Å². The van der Waals surface area contributed by atoms with Crippen LogP contribution in [-0.2, 0) is 17.8 Å². The molecule has 0 aliphatic heterocycles. The number of amides is 1. The van der Waals surface area contributed by atoms with E-state index in [-0.39, 0.29) is 5.91 Å². The van der Waals surface area contributed by atoms with Crippen molar-refractivity contribution in [1.29, 1.82) is 0 Å². The lowest BCUT2D eigenvalue weighted by atomic mass is 10.1. The second-order valence-corrected chi connectivity index (χ2v) is 4.82. The van der Waals surface area contributed by atoms with Crippen LogP contribution in [0.15, 0.2) is 42.7 Å². The van der Waals surface area contributed by atoms with E-state index in [1.54, 1.807) is 12.4 Å². The Balaban J connectivity index is 1.79. The van der Waals surface area contributed by atoms with Crippen molar-refractivity contribution < 1.29 is 4.79 Å². The lowest BCUT2D eigenvalue weighted by Gasteiger charge is -2.07. The first-order chi connectivity index (χ1) is 9.65. The van der Waals surface area contributed by atoms with Crippen LogP contribution in [0.3, 0.4) is 0 Å². The molecule has 0 unspecified atom stereocenters. The van der Waals surface area contributed by atoms with Gasteiger partial charge in [-0.15, -0.1) is 0 Å². The molecular weight excluding hydrogens is 250 g/mol. The maximum atomic E-state index is 11.8. The van der Waals surface area contributed by atoms with E-state index < -0.39 is 0 Å². The highest BCUT2D eigenvalue weighted by Gasteiger charge is 2.03. The lowest BCUT2D eigenvalue weighted by Crippen LogP contribution is -2.23. The molecule has 0 radical (unpaired) electrons. The summed E-state index contributed by atoms with van der Waals surface area (Å²) in [5.41, 5.74) is 9.84. The summed E-state index contributed by atoms with van der Waals surface area (Å²) >= 11 is 0. The Bertz CT molecular complexity index is 582. The van der Waals surface area contributed by atoms with Crippen molar-refractivity contribution in [2.24, 2.45) is 0 Å². The van der Waals surface area contributed by atoms with E-state index in [1.807, 2.05) is 37.3 Å². The van der Waals surface area contributed by atoms with E-state index in [4.69, 9.17) is 5.73 Å². The number of nitrogens with one attached hydrogen (secondary N) is 1. The number of nitrogen functional groups attached to an aromatic ring is 1. The second-order valence-electron chi connectivity index (χ2n) is 4.82. The minimum atomic E-state index is 0.0426. The Labute approximate surface area is 119 Å². The molecule has 0 aliphatic carbocycles. The molecule has 0 fully saturated rings. The molecule has 1 aromatic heterocycles. The van der Waals surface area contributed by atoms with Gasteiger partial charge in [0, 0.05) is 31.0 Å². The standard InChI is InChI=1S/C16H19N3O/c1-12-2-3-13(10-15(12)17)4-5-16(20)19-11-14-6-8-18-9-7-14/h2-3,6-10H,4-5,11,17H2,1H3,(H,19,20). The Hall–Kier alpha value is -2.36. The van der Waals surface area contributed by atoms with Crippen molar-refractivity contribution >= 4 is 11.6 Å². The normalized spacial score (nSPS) is 10.2. The molecule has 0 atom stereocenters. The molecule has 2 rings (SSSR count). The fourth-order valence-electron chi connectivity index (χ4n) is 1.89. The number of benzene rings is 1. The lowest BCUT2D eigenvalue weighted by molar-refractivity contribution is -0.121. The van der Waals surface area contributed by atoms with E-state index in [0.717, 1.165) is 22.4 Å². The molecule has 0 saturated heterocycles. The number of hydrogen-bond donors (Lipinski definition) is 2. The van der Waals surface area contributed by atoms with E-state index >= 15 is 0 Å². The first kappa shape index (κ1) is 14.1. The minimum absolute atomic E-state index is 0.0426. The Morgan fingerprint density at radius 2 is 1.95 bits per heavy atom. The van der Waals surface area contributed by atoms with Gasteiger partial charge in [0.05, 0.1) is 0 Å². The molecule has 4 heteroatoms. The van der Waals surface area contributed by atoms with E-state index in [1.165, 1.54) is 0 Å². The van der Waals surface area contributed by atoms with E-state index in [2.05, 4.69) is 10.3 Å². The van der Waals surface area contributed by atoms with Crippen molar-refractivity contribution in [1.82, 2.24) is 10.3 Å². The van der Waals surface area contributed by atoms with Crippen LogP contribution >= 0.6 is 0 Å². The fourth-order valence-corrected chi connectivity index (χ4v) is 1.89. The fraction of sp³-hybridized carbons (Fsp3) is 0.250. The molecule has 0 spiro atoms. The van der Waals surface area contributed by atoms with Crippen LogP contribution in [0, 0.1) is 6.92 Å². The SMILES string of the molecule is Cc1ccc(CCC(=O)NCc2ccncc2)cc1N. The number of aryl methyl sites for hydroxylation is 2. The molecule has 0 aliphatic rings. The van der Waals surface area contributed by atoms with Crippen molar-refractivity contribution in [2.75, 3.05) is 5.73 Å². The summed E-state index contributed by atoms with van der Waals surface area (Å²) in [4.78, 5) is 15.7. The quantitative estimate of drug-likeness (QED) is 0.818. The highest BCUT2D eigenvalue weighted by atomic mass is 16.1. The first-order valence-electron chi connectivity index (χ1n) is 6.66. The summed E-state index contributed by atoms with van der Waals surface area (Å²) in [6.07, 6.45) is 4.60. The first-order valence-corrected chi connectivity index (χ1v) is 6.66. The summed E-state index contributed by atoms with van der Waals surface area (Å²) in [6, 6.07) is 9.72. The molecule has 4 nitrogen and oxygen atoms in total. The number of carbonyl (C=O) groups excluding carboxylic acids is 1. The van der Waals surface area contributed by atoms with Gasteiger partial charge in [0.2, 0.25) is 5.91 Å². The summed E-state index contributed by atoms with van der Waals surface area (Å²) in [5, 5.41) is 2.90. The van der Waals surface area contributed by atoms with Gasteiger partial charge >= 0.3 is 0 Å². The van der Waals surface area contributed by atoms with Gasteiger partial charge in [0.25, 0.3) is 0 Å². The number of carbonyl (C=O) groups is 1. The smallest absolute Gasteiger partial charge is 0.220 e. The zero-order valence-corrected chi connectivity index (χ0v) is 11.6. The summed E-state index contributed by atoms with van der Waals surface area (Å²) in [6.45, 7) is 2.51. The third-order valence-corrected chi connectivity index (χ3v) is 3.22. The Morgan fingerprint density at radius 3 is 2.65 bits per heavy atom. The maximum absolute atomic E-state index is 11.8. The third-order valence-electron chi connectivity index (χ3n) is 3.22. The van der Waals surface area contributed by atoms with Gasteiger partial charge in [-0.3, -0.25) is 9.78 Å². The maximum Gasteiger partial charge on any atom is 0.220 e. The van der Waals surface area contributed by atoms with Gasteiger partial charge < -0.3 is 11.1 Å². The molecule has 20 heavy (non-hydrogen) atoms. The molecule has 0 bridgehead atoms. The van der Waals surface area contributed by atoms with Gasteiger partial charge in [0.15, 0.2) is 0 Å². The van der Waals surface area contributed by atoms with E-state index in [9.17, 15) is 4.79 Å². The zero-order chi connectivity index (χ0) is 14.4. The molecular formula is C16H19N3O. The zero-order valence-electron chi connectivity index (χ0n) is 11.6. The number of hydrogen-bond acceptors (Lipinski definition) is 3. The average Bonchev–Trinajstić information content (AvgIpc) is 2.47. The van der Waals surface area contributed by atoms with E-state index in [0.29, 0.717) is 19.4 Å².